The van der Waals surface area contributed by atoms with Crippen molar-refractivity contribution >= 4 is 61.0 Å². The zero-order valence-electron chi connectivity index (χ0n) is 37.3. The molecule has 3 aromatic carbocycles. The lowest BCUT2D eigenvalue weighted by atomic mass is 9.88. The Hall–Kier alpha value is -6.89. The molecular weight excluding hydrogens is 884 g/mol. The van der Waals surface area contributed by atoms with E-state index in [1.54, 1.807) is 41.0 Å². The van der Waals surface area contributed by atoms with E-state index in [0.29, 0.717) is 60.6 Å². The molecule has 2 aromatic heterocycles. The molecule has 4 aliphatic heterocycles. The summed E-state index contributed by atoms with van der Waals surface area (Å²) in [5.41, 5.74) is 3.68. The Morgan fingerprint density at radius 1 is 1.01 bits per heavy atom. The number of halogens is 1. The number of benzene rings is 3. The Bertz CT molecular complexity index is 3010. The van der Waals surface area contributed by atoms with Crippen LogP contribution in [-0.4, -0.2) is 124 Å². The number of hydrogen-bond donors (Lipinski definition) is 3. The number of aromatic nitrogens is 4. The zero-order valence-corrected chi connectivity index (χ0v) is 38.1. The first-order chi connectivity index (χ1) is 32.2. The van der Waals surface area contributed by atoms with Gasteiger partial charge in [-0.05, 0) is 92.6 Å². The number of fused-ring (bicyclic) bond motifs is 2. The predicted octanol–water partition coefficient (Wildman–Crippen LogP) is 3.39. The van der Waals surface area contributed by atoms with Gasteiger partial charge in [0.25, 0.3) is 5.56 Å². The van der Waals surface area contributed by atoms with Crippen molar-refractivity contribution in [2.45, 2.75) is 69.6 Å². The van der Waals surface area contributed by atoms with Crippen molar-refractivity contribution in [2.75, 3.05) is 50.6 Å². The number of para-hydroxylation sites is 1. The second-order valence-corrected chi connectivity index (χ2v) is 19.1. The second-order valence-electron chi connectivity index (χ2n) is 17.4. The third-order valence-electron chi connectivity index (χ3n) is 13.4. The second kappa shape index (κ2) is 18.4. The fraction of sp³-hybridized carbons (Fsp3) is 0.413. The van der Waals surface area contributed by atoms with E-state index in [1.165, 1.54) is 36.1 Å². The summed E-state index contributed by atoms with van der Waals surface area (Å²) >= 11 is 0. The SMILES string of the molecule is CCNS(=O)(=O)N(C)c1cccc(F)c1OC1C(c2ccc3nc[nH]c(=O)c3c2)=CN(C2CCN(C(=O)CN3CCC(c4ccc5c(C6CCC(=O)NC6=O)nn(C)c5c4)CC3)CC2)N1C#N. The van der Waals surface area contributed by atoms with Gasteiger partial charge in [-0.1, -0.05) is 31.2 Å². The molecule has 67 heavy (non-hydrogen) atoms. The van der Waals surface area contributed by atoms with Gasteiger partial charge in [-0.3, -0.25) is 43.4 Å². The van der Waals surface area contributed by atoms with Crippen LogP contribution < -0.4 is 24.6 Å². The first-order valence-electron chi connectivity index (χ1n) is 22.4. The van der Waals surface area contributed by atoms with Gasteiger partial charge in [0, 0.05) is 57.3 Å². The Balaban J connectivity index is 0.873. The molecule has 9 rings (SSSR count). The number of carbonyl (C=O) groups excluding carboxylic acids is 3. The number of hydrogen-bond acceptors (Lipinski definition) is 13. The molecule has 21 heteroatoms. The van der Waals surface area contributed by atoms with Gasteiger partial charge < -0.3 is 14.6 Å². The number of nitrogens with one attached hydrogen (secondary N) is 3. The number of likely N-dealkylation sites (tertiary alicyclic amines) is 2. The molecule has 3 saturated heterocycles. The maximum absolute atomic E-state index is 15.8. The number of rotatable bonds is 12. The Morgan fingerprint density at radius 2 is 1.79 bits per heavy atom. The summed E-state index contributed by atoms with van der Waals surface area (Å²) in [5.74, 6) is -1.98. The molecule has 5 aromatic rings. The average Bonchev–Trinajstić information content (AvgIpc) is 3.86. The number of nitriles is 1. The van der Waals surface area contributed by atoms with Gasteiger partial charge in [0.2, 0.25) is 30.1 Å². The minimum atomic E-state index is -4.09. The van der Waals surface area contributed by atoms with Gasteiger partial charge >= 0.3 is 10.2 Å². The zero-order chi connectivity index (χ0) is 47.1. The number of aryl methyl sites for hydroxylation is 1. The highest BCUT2D eigenvalue weighted by atomic mass is 32.2. The number of nitrogens with zero attached hydrogens (tertiary/aromatic N) is 9. The van der Waals surface area contributed by atoms with Crippen LogP contribution in [0.2, 0.25) is 0 Å². The molecule has 0 radical (unpaired) electrons. The number of imide groups is 1. The Morgan fingerprint density at radius 3 is 2.52 bits per heavy atom. The van der Waals surface area contributed by atoms with Gasteiger partial charge in [0.15, 0.2) is 11.6 Å². The molecular formula is C46H51FN12O7S. The number of amides is 3. The monoisotopic (exact) mass is 934 g/mol. The minimum Gasteiger partial charge on any atom is -0.458 e. The highest BCUT2D eigenvalue weighted by molar-refractivity contribution is 7.90. The van der Waals surface area contributed by atoms with E-state index in [1.807, 2.05) is 18.0 Å². The van der Waals surface area contributed by atoms with Crippen molar-refractivity contribution in [3.63, 3.8) is 0 Å². The minimum absolute atomic E-state index is 0.0175. The third-order valence-corrected chi connectivity index (χ3v) is 14.9. The van der Waals surface area contributed by atoms with Crippen molar-refractivity contribution in [1.29, 1.82) is 5.26 Å². The van der Waals surface area contributed by atoms with Gasteiger partial charge in [0.1, 0.15) is 0 Å². The maximum Gasteiger partial charge on any atom is 0.301 e. The molecule has 0 saturated carbocycles. The number of aromatic amines is 1. The highest BCUT2D eigenvalue weighted by Crippen LogP contribution is 2.40. The molecule has 6 heterocycles. The predicted molar refractivity (Wildman–Crippen MR) is 245 cm³/mol. The number of hydrazine groups is 1. The molecule has 19 nitrogen and oxygen atoms in total. The summed E-state index contributed by atoms with van der Waals surface area (Å²) in [4.78, 5) is 61.9. The molecule has 3 amide bonds. The average molecular weight is 935 g/mol. The summed E-state index contributed by atoms with van der Waals surface area (Å²) in [7, 11) is -0.957. The standard InChI is InChI=1S/C46H51FN12O7S/c1-4-51-67(64,65)55(3)38-7-5-6-36(47)43(38)66-46-35(30-9-12-37-34(22-30)44(62)50-27-49-37)24-58(59(46)26-48)31-16-20-57(21-17-31)41(61)25-56-18-14-28(15-19-56)29-8-10-32-39(23-29)54(2)53-42(32)33-11-13-40(60)52-45(33)63/h5-10,12,22-24,27-28,31,33,46,51H,4,11,13-21,25H2,1-3H3,(H,49,50,62)(H,52,60,63). The van der Waals surface area contributed by atoms with Crippen LogP contribution in [0.15, 0.2) is 71.9 Å². The summed E-state index contributed by atoms with van der Waals surface area (Å²) in [5, 5.41) is 22.0. The molecule has 0 bridgehead atoms. The van der Waals surface area contributed by atoms with Crippen LogP contribution >= 0.6 is 0 Å². The first kappa shape index (κ1) is 45.3. The number of anilines is 1. The highest BCUT2D eigenvalue weighted by Gasteiger charge is 2.42. The van der Waals surface area contributed by atoms with E-state index in [2.05, 4.69) is 48.3 Å². The number of H-pyrrole nitrogens is 1. The molecule has 4 aliphatic rings. The van der Waals surface area contributed by atoms with Crippen molar-refractivity contribution in [3.8, 4) is 11.9 Å². The van der Waals surface area contributed by atoms with Crippen LogP contribution in [-0.2, 0) is 31.6 Å². The summed E-state index contributed by atoms with van der Waals surface area (Å²) in [6.07, 6.45) is 7.41. The van der Waals surface area contributed by atoms with Crippen molar-refractivity contribution < 1.29 is 31.9 Å². The molecule has 2 unspecified atom stereocenters. The van der Waals surface area contributed by atoms with Gasteiger partial charge in [0.05, 0.1) is 52.6 Å². The van der Waals surface area contributed by atoms with Crippen molar-refractivity contribution in [1.82, 2.24) is 49.6 Å². The van der Waals surface area contributed by atoms with Gasteiger partial charge in [-0.15, -0.1) is 0 Å². The Kier molecular flexibility index (Phi) is 12.4. The first-order valence-corrected chi connectivity index (χ1v) is 23.8. The number of piperidine rings is 3. The topological polar surface area (TPSA) is 222 Å². The number of carbonyl (C=O) groups is 3. The van der Waals surface area contributed by atoms with Gasteiger partial charge in [-0.2, -0.15) is 28.5 Å². The molecule has 3 fully saturated rings. The maximum atomic E-state index is 15.8. The third kappa shape index (κ3) is 8.79. The van der Waals surface area contributed by atoms with Crippen LogP contribution in [0, 0.1) is 17.3 Å². The van der Waals surface area contributed by atoms with E-state index < -0.39 is 33.9 Å². The fourth-order valence-electron chi connectivity index (χ4n) is 9.73. The van der Waals surface area contributed by atoms with Crippen LogP contribution in [0.5, 0.6) is 5.75 Å². The summed E-state index contributed by atoms with van der Waals surface area (Å²) < 4.78 is 53.4. The largest absolute Gasteiger partial charge is 0.458 e. The lowest BCUT2D eigenvalue weighted by Gasteiger charge is -2.40. The molecule has 350 valence electrons. The Labute approximate surface area is 385 Å². The van der Waals surface area contributed by atoms with Crippen LogP contribution in [0.1, 0.15) is 74.1 Å². The van der Waals surface area contributed by atoms with Crippen molar-refractivity contribution in [3.05, 3.63) is 100 Å². The van der Waals surface area contributed by atoms with Crippen LogP contribution in [0.4, 0.5) is 10.1 Å². The molecule has 0 spiro atoms. The molecule has 0 aliphatic carbocycles. The summed E-state index contributed by atoms with van der Waals surface area (Å²) in [6.45, 7) is 4.34. The van der Waals surface area contributed by atoms with Crippen LogP contribution in [0.25, 0.3) is 27.4 Å². The van der Waals surface area contributed by atoms with Crippen molar-refractivity contribution in [2.24, 2.45) is 7.05 Å². The quantitative estimate of drug-likeness (QED) is 0.121. The smallest absolute Gasteiger partial charge is 0.301 e. The van der Waals surface area contributed by atoms with E-state index in [4.69, 9.17) is 4.74 Å². The summed E-state index contributed by atoms with van der Waals surface area (Å²) in [6, 6.07) is 14.9. The van der Waals surface area contributed by atoms with E-state index in [-0.39, 0.29) is 59.9 Å². The van der Waals surface area contributed by atoms with E-state index in [0.717, 1.165) is 47.2 Å². The lowest BCUT2D eigenvalue weighted by molar-refractivity contribution is -0.136. The van der Waals surface area contributed by atoms with Gasteiger partial charge in [-0.25, -0.2) is 9.37 Å². The lowest BCUT2D eigenvalue weighted by Crippen LogP contribution is -2.52. The van der Waals surface area contributed by atoms with E-state index >= 15 is 4.39 Å². The van der Waals surface area contributed by atoms with Crippen LogP contribution in [0.3, 0.4) is 0 Å². The number of ether oxygens (including phenoxy) is 1. The molecule has 3 N–H and O–H groups in total. The fourth-order valence-corrected chi connectivity index (χ4v) is 10.7. The normalized spacial score (nSPS) is 20.0. The van der Waals surface area contributed by atoms with E-state index in [9.17, 15) is 32.9 Å². The molecule has 2 atom stereocenters.